The lowest BCUT2D eigenvalue weighted by Gasteiger charge is -2.19. The Balaban J connectivity index is 1.05. The van der Waals surface area contributed by atoms with Gasteiger partial charge in [0, 0.05) is 11.1 Å². The van der Waals surface area contributed by atoms with Crippen molar-refractivity contribution < 1.29 is 0 Å². The minimum Gasteiger partial charge on any atom is -0.172 e. The van der Waals surface area contributed by atoms with Crippen LogP contribution in [0.1, 0.15) is 50.1 Å². The third-order valence-corrected chi connectivity index (χ3v) is 12.1. The molecule has 10 aromatic rings. The van der Waals surface area contributed by atoms with E-state index in [1.807, 2.05) is 0 Å². The van der Waals surface area contributed by atoms with Gasteiger partial charge >= 0.3 is 0 Å². The smallest absolute Gasteiger partial charge is 0.113 e. The van der Waals surface area contributed by atoms with Crippen LogP contribution < -0.4 is 0 Å². The second-order valence-corrected chi connectivity index (χ2v) is 16.0. The first kappa shape index (κ1) is 38.5. The Morgan fingerprint density at radius 1 is 0.274 bits per heavy atom. The number of benzene rings is 9. The van der Waals surface area contributed by atoms with Crippen LogP contribution >= 0.6 is 11.7 Å². The minimum absolute atomic E-state index is 0.910. The number of fused-ring (bicyclic) bond motifs is 1. The van der Waals surface area contributed by atoms with E-state index < -0.39 is 0 Å². The van der Waals surface area contributed by atoms with Gasteiger partial charge in [0.25, 0.3) is 0 Å². The van der Waals surface area contributed by atoms with Crippen LogP contribution in [0.15, 0.2) is 237 Å². The van der Waals surface area contributed by atoms with Crippen molar-refractivity contribution in [3.8, 4) is 22.3 Å². The van der Waals surface area contributed by atoms with Gasteiger partial charge in [0.15, 0.2) is 0 Å². The van der Waals surface area contributed by atoms with Gasteiger partial charge in [0.05, 0.1) is 11.7 Å². The summed E-state index contributed by atoms with van der Waals surface area (Å²) in [6.07, 6.45) is 0. The highest BCUT2D eigenvalue weighted by molar-refractivity contribution is 7.00. The van der Waals surface area contributed by atoms with Crippen LogP contribution in [0.2, 0.25) is 0 Å². The Hall–Kier alpha value is -7.72. The molecule has 0 saturated carbocycles. The van der Waals surface area contributed by atoms with Crippen molar-refractivity contribution in [3.05, 3.63) is 287 Å². The first-order valence-corrected chi connectivity index (χ1v) is 21.7. The molecule has 0 unspecified atom stereocenters. The number of hydrogen-bond acceptors (Lipinski definition) is 3. The molecule has 0 spiro atoms. The Bertz CT molecular complexity index is 3110. The molecule has 1 aromatic heterocycles. The lowest BCUT2D eigenvalue weighted by molar-refractivity contribution is 1.44. The molecule has 0 N–H and O–H groups in total. The van der Waals surface area contributed by atoms with E-state index in [1.54, 1.807) is 0 Å². The Morgan fingerprint density at radius 3 is 0.790 bits per heavy atom. The monoisotopic (exact) mass is 810 g/mol. The second kappa shape index (κ2) is 17.5. The molecule has 9 aromatic carbocycles. The largest absolute Gasteiger partial charge is 0.172 e. The van der Waals surface area contributed by atoms with Crippen LogP contribution in [0.3, 0.4) is 0 Å². The van der Waals surface area contributed by atoms with Crippen LogP contribution in [0, 0.1) is 6.92 Å². The van der Waals surface area contributed by atoms with Crippen molar-refractivity contribution in [2.24, 2.45) is 0 Å². The molecule has 0 aliphatic heterocycles. The van der Waals surface area contributed by atoms with Gasteiger partial charge < -0.3 is 0 Å². The number of nitrogens with zero attached hydrogens (tertiary/aromatic N) is 2. The number of aromatic nitrogens is 2. The SMILES string of the molecule is Cc1ccc(/C(=C(\c2ccccc2)c2ccc(-c3ccc(-c4ccc(C(=C(c5ccccc5)c5ccccc5)c5ccccc5)cc4)c4nsnc34)cc2)c2ccccc2)cc1. The van der Waals surface area contributed by atoms with Gasteiger partial charge in [-0.1, -0.05) is 242 Å². The molecule has 0 radical (unpaired) electrons. The highest BCUT2D eigenvalue weighted by Gasteiger charge is 2.20. The van der Waals surface area contributed by atoms with Crippen LogP contribution in [0.25, 0.3) is 55.6 Å². The van der Waals surface area contributed by atoms with Gasteiger partial charge in [0.1, 0.15) is 11.0 Å². The maximum absolute atomic E-state index is 4.89. The minimum atomic E-state index is 0.910. The van der Waals surface area contributed by atoms with Crippen LogP contribution in [0.5, 0.6) is 0 Å². The summed E-state index contributed by atoms with van der Waals surface area (Å²) < 4.78 is 9.78. The molecule has 3 heteroatoms. The lowest BCUT2D eigenvalue weighted by Crippen LogP contribution is -1.98. The summed E-state index contributed by atoms with van der Waals surface area (Å²) in [5, 5.41) is 0. The van der Waals surface area contributed by atoms with E-state index >= 15 is 0 Å². The van der Waals surface area contributed by atoms with E-state index in [2.05, 4.69) is 244 Å². The molecule has 2 nitrogen and oxygen atoms in total. The van der Waals surface area contributed by atoms with E-state index in [0.717, 1.165) is 44.4 Å². The van der Waals surface area contributed by atoms with E-state index in [4.69, 9.17) is 8.75 Å². The fourth-order valence-electron chi connectivity index (χ4n) is 8.53. The highest BCUT2D eigenvalue weighted by Crippen LogP contribution is 2.41. The third-order valence-electron chi connectivity index (χ3n) is 11.5. The Labute approximate surface area is 367 Å². The first-order chi connectivity index (χ1) is 30.7. The predicted molar refractivity (Wildman–Crippen MR) is 262 cm³/mol. The summed E-state index contributed by atoms with van der Waals surface area (Å²) >= 11 is 1.27. The topological polar surface area (TPSA) is 25.8 Å². The summed E-state index contributed by atoms with van der Waals surface area (Å²) in [4.78, 5) is 0. The summed E-state index contributed by atoms with van der Waals surface area (Å²) in [6.45, 7) is 2.14. The second-order valence-electron chi connectivity index (χ2n) is 15.5. The summed E-state index contributed by atoms with van der Waals surface area (Å²) in [7, 11) is 0. The van der Waals surface area contributed by atoms with Crippen molar-refractivity contribution in [2.45, 2.75) is 6.92 Å². The molecule has 0 aliphatic rings. The van der Waals surface area contributed by atoms with Crippen molar-refractivity contribution in [1.29, 1.82) is 0 Å². The number of hydrogen-bond donors (Lipinski definition) is 0. The average Bonchev–Trinajstić information content (AvgIpc) is 3.85. The van der Waals surface area contributed by atoms with Gasteiger partial charge in [0.2, 0.25) is 0 Å². The summed E-state index contributed by atoms with van der Waals surface area (Å²) in [5.41, 5.74) is 21.5. The van der Waals surface area contributed by atoms with Crippen molar-refractivity contribution >= 4 is 45.1 Å². The number of aryl methyl sites for hydroxylation is 1. The molecular formula is C59H42N2S. The molecule has 0 atom stereocenters. The Kier molecular flexibility index (Phi) is 10.8. The zero-order valence-electron chi connectivity index (χ0n) is 34.3. The molecule has 0 fully saturated rings. The zero-order valence-corrected chi connectivity index (χ0v) is 35.1. The molecule has 0 amide bonds. The summed E-state index contributed by atoms with van der Waals surface area (Å²) in [5.74, 6) is 0. The molecule has 1 heterocycles. The van der Waals surface area contributed by atoms with E-state index in [1.165, 1.54) is 73.0 Å². The standard InChI is InChI=1S/C59H42N2S/c1-41-27-29-49(30-28-41)55(46-21-11-4-12-22-46)57(48-25-15-6-16-26-48)51-37-33-43(34-38-51)53-40-39-52(58-59(53)61-62-60-58)42-31-35-50(36-32-42)56(47-23-13-5-14-24-47)54(44-17-7-2-8-18-44)45-19-9-3-10-20-45/h2-40H,1H3/b57-55+. The maximum Gasteiger partial charge on any atom is 0.113 e. The quantitative estimate of drug-likeness (QED) is 0.129. The van der Waals surface area contributed by atoms with Gasteiger partial charge in [-0.25, -0.2) is 0 Å². The van der Waals surface area contributed by atoms with E-state index in [9.17, 15) is 0 Å². The molecule has 294 valence electrons. The van der Waals surface area contributed by atoms with Crippen LogP contribution in [0.4, 0.5) is 0 Å². The van der Waals surface area contributed by atoms with Gasteiger partial charge in [-0.2, -0.15) is 8.75 Å². The van der Waals surface area contributed by atoms with Crippen molar-refractivity contribution in [3.63, 3.8) is 0 Å². The van der Waals surface area contributed by atoms with E-state index in [0.29, 0.717) is 0 Å². The summed E-state index contributed by atoms with van der Waals surface area (Å²) in [6, 6.07) is 84.8. The first-order valence-electron chi connectivity index (χ1n) is 21.0. The van der Waals surface area contributed by atoms with Crippen LogP contribution in [-0.2, 0) is 0 Å². The molecular weight excluding hydrogens is 769 g/mol. The number of rotatable bonds is 10. The normalized spacial score (nSPS) is 11.6. The molecule has 0 aliphatic carbocycles. The maximum atomic E-state index is 4.89. The van der Waals surface area contributed by atoms with Gasteiger partial charge in [-0.05, 0) is 84.9 Å². The van der Waals surface area contributed by atoms with Crippen molar-refractivity contribution in [1.82, 2.24) is 8.75 Å². The highest BCUT2D eigenvalue weighted by atomic mass is 32.1. The molecule has 0 bridgehead atoms. The zero-order chi connectivity index (χ0) is 41.7. The van der Waals surface area contributed by atoms with Crippen molar-refractivity contribution in [2.75, 3.05) is 0 Å². The fraction of sp³-hybridized carbons (Fsp3) is 0.0169. The predicted octanol–water partition coefficient (Wildman–Crippen LogP) is 15.3. The Morgan fingerprint density at radius 2 is 0.516 bits per heavy atom. The van der Waals surface area contributed by atoms with Gasteiger partial charge in [-0.3, -0.25) is 0 Å². The van der Waals surface area contributed by atoms with E-state index in [-0.39, 0.29) is 0 Å². The van der Waals surface area contributed by atoms with Crippen LogP contribution in [-0.4, -0.2) is 8.75 Å². The third kappa shape index (κ3) is 7.74. The molecule has 62 heavy (non-hydrogen) atoms. The average molecular weight is 811 g/mol. The molecule has 10 rings (SSSR count). The fourth-order valence-corrected chi connectivity index (χ4v) is 9.10. The lowest BCUT2D eigenvalue weighted by atomic mass is 9.85. The molecule has 0 saturated heterocycles. The van der Waals surface area contributed by atoms with Gasteiger partial charge in [-0.15, -0.1) is 0 Å².